The average Bonchev–Trinajstić information content (AvgIpc) is 3.31. The summed E-state index contributed by atoms with van der Waals surface area (Å²) in [4.78, 5) is 18.8. The summed E-state index contributed by atoms with van der Waals surface area (Å²) in [6.07, 6.45) is 2.88. The quantitative estimate of drug-likeness (QED) is 0.844. The summed E-state index contributed by atoms with van der Waals surface area (Å²) >= 11 is 0. The molecule has 1 aromatic carbocycles. The zero-order valence-electron chi connectivity index (χ0n) is 15.8. The van der Waals surface area contributed by atoms with E-state index in [1.807, 2.05) is 4.90 Å². The molecule has 0 radical (unpaired) electrons. The van der Waals surface area contributed by atoms with Crippen LogP contribution in [0.4, 0.5) is 4.39 Å². The standard InChI is InChI=1S/C20H24FN3O4/c1-27-20-9-8-13(25)12-16(20)24(11-10-20)18(26)7-6-17-22-19(23-28-17)14-4-2-3-5-15(14)21/h2-5,13,16,25H,6-12H2,1H3. The van der Waals surface area contributed by atoms with Gasteiger partial charge in [-0.3, -0.25) is 4.79 Å². The van der Waals surface area contributed by atoms with Crippen LogP contribution in [-0.2, 0) is 16.0 Å². The topological polar surface area (TPSA) is 88.7 Å². The Labute approximate surface area is 162 Å². The number of hydrogen-bond donors (Lipinski definition) is 1. The second kappa shape index (κ2) is 7.60. The van der Waals surface area contributed by atoms with Crippen molar-refractivity contribution >= 4 is 5.91 Å². The molecule has 3 atom stereocenters. The van der Waals surface area contributed by atoms with Crippen molar-refractivity contribution in [2.24, 2.45) is 0 Å². The van der Waals surface area contributed by atoms with Crippen molar-refractivity contribution in [1.29, 1.82) is 0 Å². The molecule has 1 aromatic heterocycles. The highest BCUT2D eigenvalue weighted by Crippen LogP contribution is 2.42. The fourth-order valence-corrected chi connectivity index (χ4v) is 4.44. The number of hydrogen-bond acceptors (Lipinski definition) is 6. The maximum atomic E-state index is 13.8. The first-order chi connectivity index (χ1) is 13.5. The summed E-state index contributed by atoms with van der Waals surface area (Å²) in [6.45, 7) is 0.619. The zero-order chi connectivity index (χ0) is 19.7. The van der Waals surface area contributed by atoms with Crippen molar-refractivity contribution < 1.29 is 23.6 Å². The summed E-state index contributed by atoms with van der Waals surface area (Å²) in [5, 5.41) is 13.9. The fraction of sp³-hybridized carbons (Fsp3) is 0.550. The molecule has 7 nitrogen and oxygen atoms in total. The number of rotatable bonds is 5. The number of aliphatic hydroxyl groups is 1. The molecule has 150 valence electrons. The molecular weight excluding hydrogens is 365 g/mol. The summed E-state index contributed by atoms with van der Waals surface area (Å²) in [5.41, 5.74) is -0.0818. The second-order valence-corrected chi connectivity index (χ2v) is 7.54. The van der Waals surface area contributed by atoms with Crippen LogP contribution >= 0.6 is 0 Å². The maximum absolute atomic E-state index is 13.8. The number of amides is 1. The van der Waals surface area contributed by atoms with E-state index < -0.39 is 11.9 Å². The van der Waals surface area contributed by atoms with Gasteiger partial charge in [-0.1, -0.05) is 17.3 Å². The highest BCUT2D eigenvalue weighted by Gasteiger charge is 2.52. The van der Waals surface area contributed by atoms with Gasteiger partial charge in [0.05, 0.1) is 23.3 Å². The molecule has 1 amide bonds. The van der Waals surface area contributed by atoms with Crippen LogP contribution in [0.1, 0.15) is 38.0 Å². The van der Waals surface area contributed by atoms with Crippen LogP contribution in [0.15, 0.2) is 28.8 Å². The van der Waals surface area contributed by atoms with E-state index in [2.05, 4.69) is 10.1 Å². The van der Waals surface area contributed by atoms with Gasteiger partial charge in [-0.05, 0) is 37.8 Å². The normalized spacial score (nSPS) is 27.0. The molecule has 2 aromatic rings. The third-order valence-corrected chi connectivity index (χ3v) is 6.02. The van der Waals surface area contributed by atoms with E-state index in [4.69, 9.17) is 9.26 Å². The van der Waals surface area contributed by atoms with Crippen LogP contribution in [0, 0.1) is 5.82 Å². The first-order valence-electron chi connectivity index (χ1n) is 9.62. The largest absolute Gasteiger partial charge is 0.393 e. The molecule has 2 fully saturated rings. The van der Waals surface area contributed by atoms with Gasteiger partial charge in [-0.15, -0.1) is 0 Å². The van der Waals surface area contributed by atoms with Crippen LogP contribution in [0.2, 0.25) is 0 Å². The number of halogens is 1. The minimum atomic E-state index is -0.422. The van der Waals surface area contributed by atoms with E-state index in [-0.39, 0.29) is 41.8 Å². The Morgan fingerprint density at radius 1 is 1.43 bits per heavy atom. The second-order valence-electron chi connectivity index (χ2n) is 7.54. The van der Waals surface area contributed by atoms with Gasteiger partial charge >= 0.3 is 0 Å². The van der Waals surface area contributed by atoms with Crippen molar-refractivity contribution in [2.45, 2.75) is 56.3 Å². The lowest BCUT2D eigenvalue weighted by Crippen LogP contribution is -2.52. The zero-order valence-corrected chi connectivity index (χ0v) is 15.8. The molecular formula is C20H24FN3O4. The van der Waals surface area contributed by atoms with Gasteiger partial charge in [0.1, 0.15) is 5.82 Å². The molecule has 1 saturated heterocycles. The molecule has 0 bridgehead atoms. The lowest BCUT2D eigenvalue weighted by atomic mass is 9.79. The van der Waals surface area contributed by atoms with Crippen molar-refractivity contribution in [3.8, 4) is 11.4 Å². The van der Waals surface area contributed by atoms with E-state index in [9.17, 15) is 14.3 Å². The fourth-order valence-electron chi connectivity index (χ4n) is 4.44. The van der Waals surface area contributed by atoms with E-state index >= 15 is 0 Å². The molecule has 2 heterocycles. The predicted octanol–water partition coefficient (Wildman–Crippen LogP) is 2.34. The van der Waals surface area contributed by atoms with Gasteiger partial charge in [0.25, 0.3) is 0 Å². The van der Waals surface area contributed by atoms with Gasteiger partial charge in [-0.25, -0.2) is 4.39 Å². The number of aryl methyl sites for hydroxylation is 1. The van der Waals surface area contributed by atoms with Gasteiger partial charge in [0, 0.05) is 26.5 Å². The van der Waals surface area contributed by atoms with Gasteiger partial charge in [0.15, 0.2) is 0 Å². The third kappa shape index (κ3) is 3.42. The molecule has 8 heteroatoms. The average molecular weight is 389 g/mol. The summed E-state index contributed by atoms with van der Waals surface area (Å²) < 4.78 is 24.8. The van der Waals surface area contributed by atoms with Crippen molar-refractivity contribution in [1.82, 2.24) is 15.0 Å². The highest BCUT2D eigenvalue weighted by atomic mass is 19.1. The molecule has 28 heavy (non-hydrogen) atoms. The number of carbonyl (C=O) groups excluding carboxylic acids is 1. The first kappa shape index (κ1) is 19.0. The summed E-state index contributed by atoms with van der Waals surface area (Å²) in [6, 6.07) is 6.11. The van der Waals surface area contributed by atoms with Crippen LogP contribution in [0.25, 0.3) is 11.4 Å². The minimum absolute atomic E-state index is 0.0244. The number of aliphatic hydroxyl groups excluding tert-OH is 1. The Kier molecular flexibility index (Phi) is 5.16. The Balaban J connectivity index is 1.41. The van der Waals surface area contributed by atoms with E-state index in [0.717, 1.165) is 12.8 Å². The number of benzene rings is 1. The van der Waals surface area contributed by atoms with Crippen molar-refractivity contribution in [2.75, 3.05) is 13.7 Å². The molecule has 1 aliphatic carbocycles. The number of methoxy groups -OCH3 is 1. The number of carbonyl (C=O) groups is 1. The highest BCUT2D eigenvalue weighted by molar-refractivity contribution is 5.77. The Bertz CT molecular complexity index is 857. The van der Waals surface area contributed by atoms with Crippen LogP contribution in [0.5, 0.6) is 0 Å². The number of likely N-dealkylation sites (tertiary alicyclic amines) is 1. The molecule has 4 rings (SSSR count). The molecule has 1 N–H and O–H groups in total. The monoisotopic (exact) mass is 389 g/mol. The predicted molar refractivity (Wildman–Crippen MR) is 97.7 cm³/mol. The summed E-state index contributed by atoms with van der Waals surface area (Å²) in [5.74, 6) is 0.0291. The van der Waals surface area contributed by atoms with Gasteiger partial charge in [0.2, 0.25) is 17.6 Å². The summed E-state index contributed by atoms with van der Waals surface area (Å²) in [7, 11) is 1.68. The molecule has 2 aliphatic rings. The number of fused-ring (bicyclic) bond motifs is 1. The van der Waals surface area contributed by atoms with E-state index in [0.29, 0.717) is 25.3 Å². The number of aromatic nitrogens is 2. The Hall–Kier alpha value is -2.32. The van der Waals surface area contributed by atoms with Crippen molar-refractivity contribution in [3.63, 3.8) is 0 Å². The first-order valence-corrected chi connectivity index (χ1v) is 9.62. The molecule has 1 saturated carbocycles. The SMILES string of the molecule is COC12CCC(O)CC1N(C(=O)CCc1nc(-c3ccccc3F)no1)CC2. The Morgan fingerprint density at radius 3 is 3.04 bits per heavy atom. The third-order valence-electron chi connectivity index (χ3n) is 6.02. The smallest absolute Gasteiger partial charge is 0.227 e. The molecule has 1 aliphatic heterocycles. The molecule has 0 spiro atoms. The van der Waals surface area contributed by atoms with E-state index in [1.54, 1.807) is 25.3 Å². The van der Waals surface area contributed by atoms with Crippen molar-refractivity contribution in [3.05, 3.63) is 36.0 Å². The Morgan fingerprint density at radius 2 is 2.25 bits per heavy atom. The van der Waals surface area contributed by atoms with Crippen LogP contribution in [0.3, 0.4) is 0 Å². The minimum Gasteiger partial charge on any atom is -0.393 e. The van der Waals surface area contributed by atoms with Gasteiger partial charge in [-0.2, -0.15) is 4.98 Å². The maximum Gasteiger partial charge on any atom is 0.227 e. The van der Waals surface area contributed by atoms with E-state index in [1.165, 1.54) is 6.07 Å². The number of ether oxygens (including phenoxy) is 1. The lowest BCUT2D eigenvalue weighted by Gasteiger charge is -2.42. The lowest BCUT2D eigenvalue weighted by molar-refractivity contribution is -0.139. The van der Waals surface area contributed by atoms with Gasteiger partial charge < -0.3 is 19.3 Å². The number of nitrogens with zero attached hydrogens (tertiary/aromatic N) is 3. The van der Waals surface area contributed by atoms with Crippen LogP contribution in [-0.4, -0.2) is 57.5 Å². The van der Waals surface area contributed by atoms with Crippen LogP contribution < -0.4 is 0 Å². The molecule has 3 unspecified atom stereocenters.